The molecule has 0 aliphatic carbocycles. The number of aromatic nitrogens is 5. The normalized spacial score (nSPS) is 10.8. The molecule has 0 N–H and O–H groups in total. The maximum atomic E-state index is 12.3. The molecule has 0 amide bonds. The molecule has 0 spiro atoms. The molecule has 0 saturated heterocycles. The fourth-order valence-corrected chi connectivity index (χ4v) is 2.51. The van der Waals surface area contributed by atoms with E-state index in [0.717, 1.165) is 4.68 Å². The first kappa shape index (κ1) is 17.2. The molecule has 11 heteroatoms. The molecule has 1 aromatic carbocycles. The number of nitrogens with zero attached hydrogens (tertiary/aromatic N) is 6. The van der Waals surface area contributed by atoms with Crippen molar-refractivity contribution >= 4 is 22.6 Å². The van der Waals surface area contributed by atoms with Gasteiger partial charge in [0.2, 0.25) is 0 Å². The second-order valence-electron chi connectivity index (χ2n) is 5.49. The fourth-order valence-electron chi connectivity index (χ4n) is 2.51. The van der Waals surface area contributed by atoms with E-state index in [2.05, 4.69) is 15.4 Å². The lowest BCUT2D eigenvalue weighted by Gasteiger charge is -2.07. The molecule has 3 rings (SSSR count). The van der Waals surface area contributed by atoms with Gasteiger partial charge in [-0.2, -0.15) is 9.78 Å². The van der Waals surface area contributed by atoms with Gasteiger partial charge < -0.3 is 4.74 Å². The summed E-state index contributed by atoms with van der Waals surface area (Å²) in [5, 5.41) is 22.9. The number of hydrogen-bond acceptors (Lipinski definition) is 8. The number of aryl methyl sites for hydroxylation is 1. The average Bonchev–Trinajstić information content (AvgIpc) is 2.88. The SMILES string of the molecule is Cc1nn(CC(=O)OCn2nnc3ccccc3c2=O)c(C)c1[N+](=O)[O-]. The number of benzene rings is 1. The van der Waals surface area contributed by atoms with Crippen molar-refractivity contribution in [2.45, 2.75) is 27.1 Å². The van der Waals surface area contributed by atoms with Crippen molar-refractivity contribution in [2.75, 3.05) is 0 Å². The number of nitro groups is 1. The largest absolute Gasteiger partial charge is 0.441 e. The zero-order valence-corrected chi connectivity index (χ0v) is 13.9. The van der Waals surface area contributed by atoms with Gasteiger partial charge in [0.25, 0.3) is 5.56 Å². The fraction of sp³-hybridized carbons (Fsp3) is 0.267. The smallest absolute Gasteiger partial charge is 0.329 e. The third-order valence-electron chi connectivity index (χ3n) is 3.78. The Kier molecular flexibility index (Phi) is 4.43. The first-order chi connectivity index (χ1) is 12.4. The summed E-state index contributed by atoms with van der Waals surface area (Å²) in [5.41, 5.74) is 0.304. The van der Waals surface area contributed by atoms with Crippen LogP contribution in [0.25, 0.3) is 10.9 Å². The first-order valence-corrected chi connectivity index (χ1v) is 7.55. The van der Waals surface area contributed by atoms with Gasteiger partial charge in [-0.3, -0.25) is 19.6 Å². The molecular formula is C15H14N6O5. The second-order valence-corrected chi connectivity index (χ2v) is 5.49. The number of rotatable bonds is 5. The standard InChI is InChI=1S/C15H14N6O5/c1-9-14(21(24)25)10(2)19(17-9)7-13(22)26-8-20-15(23)11-5-3-4-6-12(11)16-18-20/h3-6H,7-8H2,1-2H3. The zero-order chi connectivity index (χ0) is 18.8. The van der Waals surface area contributed by atoms with Crippen molar-refractivity contribution in [1.82, 2.24) is 24.8 Å². The van der Waals surface area contributed by atoms with Crippen LogP contribution in [0.3, 0.4) is 0 Å². The highest BCUT2D eigenvalue weighted by atomic mass is 16.6. The van der Waals surface area contributed by atoms with Gasteiger partial charge in [0.05, 0.1) is 10.3 Å². The number of esters is 1. The van der Waals surface area contributed by atoms with Crippen molar-refractivity contribution in [1.29, 1.82) is 0 Å². The van der Waals surface area contributed by atoms with Crippen LogP contribution < -0.4 is 5.56 Å². The van der Waals surface area contributed by atoms with E-state index in [-0.39, 0.29) is 23.6 Å². The number of carbonyl (C=O) groups is 1. The third-order valence-corrected chi connectivity index (χ3v) is 3.78. The van der Waals surface area contributed by atoms with Crippen LogP contribution in [0.15, 0.2) is 29.1 Å². The molecule has 2 aromatic heterocycles. The van der Waals surface area contributed by atoms with E-state index in [1.807, 2.05) is 0 Å². The maximum Gasteiger partial charge on any atom is 0.329 e. The summed E-state index contributed by atoms with van der Waals surface area (Å²) in [4.78, 5) is 34.7. The Morgan fingerprint density at radius 2 is 2.00 bits per heavy atom. The van der Waals surface area contributed by atoms with E-state index < -0.39 is 23.2 Å². The molecule has 11 nitrogen and oxygen atoms in total. The summed E-state index contributed by atoms with van der Waals surface area (Å²) in [6, 6.07) is 6.67. The molecule has 0 saturated carbocycles. The van der Waals surface area contributed by atoms with Gasteiger partial charge in [-0.1, -0.05) is 17.3 Å². The molecule has 26 heavy (non-hydrogen) atoms. The van der Waals surface area contributed by atoms with Crippen LogP contribution in [0.4, 0.5) is 5.69 Å². The lowest BCUT2D eigenvalue weighted by Crippen LogP contribution is -2.27. The highest BCUT2D eigenvalue weighted by Crippen LogP contribution is 2.21. The summed E-state index contributed by atoms with van der Waals surface area (Å²) < 4.78 is 7.12. The molecule has 0 aliphatic rings. The van der Waals surface area contributed by atoms with Crippen LogP contribution in [0.1, 0.15) is 11.4 Å². The van der Waals surface area contributed by atoms with Crippen LogP contribution in [-0.2, 0) is 22.8 Å². The Bertz CT molecular complexity index is 1070. The van der Waals surface area contributed by atoms with Crippen LogP contribution >= 0.6 is 0 Å². The number of fused-ring (bicyclic) bond motifs is 1. The van der Waals surface area contributed by atoms with E-state index >= 15 is 0 Å². The van der Waals surface area contributed by atoms with Gasteiger partial charge in [0.1, 0.15) is 23.4 Å². The predicted octanol–water partition coefficient (Wildman–Crippen LogP) is 0.714. The van der Waals surface area contributed by atoms with Crippen LogP contribution in [0, 0.1) is 24.0 Å². The molecule has 2 heterocycles. The maximum absolute atomic E-state index is 12.3. The second kappa shape index (κ2) is 6.70. The summed E-state index contributed by atoms with van der Waals surface area (Å²) in [6.07, 6.45) is 0. The van der Waals surface area contributed by atoms with Crippen molar-refractivity contribution in [2.24, 2.45) is 0 Å². The Hall–Kier alpha value is -3.63. The quantitative estimate of drug-likeness (QED) is 0.370. The van der Waals surface area contributed by atoms with Crippen molar-refractivity contribution in [3.8, 4) is 0 Å². The van der Waals surface area contributed by atoms with Crippen molar-refractivity contribution in [3.05, 3.63) is 56.1 Å². The lowest BCUT2D eigenvalue weighted by atomic mass is 10.2. The predicted molar refractivity (Wildman–Crippen MR) is 88.2 cm³/mol. The summed E-state index contributed by atoms with van der Waals surface area (Å²) in [5.74, 6) is -0.715. The zero-order valence-electron chi connectivity index (χ0n) is 13.9. The first-order valence-electron chi connectivity index (χ1n) is 7.55. The average molecular weight is 358 g/mol. The molecule has 0 atom stereocenters. The van der Waals surface area contributed by atoms with Gasteiger partial charge in [-0.15, -0.1) is 5.10 Å². The highest BCUT2D eigenvalue weighted by molar-refractivity contribution is 5.76. The molecular weight excluding hydrogens is 344 g/mol. The van der Waals surface area contributed by atoms with E-state index in [0.29, 0.717) is 10.9 Å². The minimum Gasteiger partial charge on any atom is -0.441 e. The monoisotopic (exact) mass is 358 g/mol. The Morgan fingerprint density at radius 1 is 1.27 bits per heavy atom. The Balaban J connectivity index is 1.72. The van der Waals surface area contributed by atoms with Crippen LogP contribution in [0.2, 0.25) is 0 Å². The van der Waals surface area contributed by atoms with Gasteiger partial charge in [0.15, 0.2) is 6.73 Å². The Morgan fingerprint density at radius 3 is 2.69 bits per heavy atom. The molecule has 0 unspecified atom stereocenters. The van der Waals surface area contributed by atoms with Crippen molar-refractivity contribution in [3.63, 3.8) is 0 Å². The van der Waals surface area contributed by atoms with Gasteiger partial charge >= 0.3 is 11.7 Å². The summed E-state index contributed by atoms with van der Waals surface area (Å²) in [7, 11) is 0. The van der Waals surface area contributed by atoms with E-state index in [1.165, 1.54) is 18.5 Å². The molecule has 0 fully saturated rings. The van der Waals surface area contributed by atoms with E-state index in [9.17, 15) is 19.7 Å². The molecule has 0 radical (unpaired) electrons. The van der Waals surface area contributed by atoms with Gasteiger partial charge in [-0.25, -0.2) is 4.79 Å². The molecule has 134 valence electrons. The molecule has 0 aliphatic heterocycles. The van der Waals surface area contributed by atoms with Crippen LogP contribution in [0.5, 0.6) is 0 Å². The van der Waals surface area contributed by atoms with E-state index in [4.69, 9.17) is 4.74 Å². The molecule has 3 aromatic rings. The minimum atomic E-state index is -0.715. The number of ether oxygens (including phenoxy) is 1. The number of hydrogen-bond donors (Lipinski definition) is 0. The minimum absolute atomic E-state index is 0.144. The molecule has 0 bridgehead atoms. The Labute approximate surface area is 145 Å². The van der Waals surface area contributed by atoms with E-state index in [1.54, 1.807) is 24.3 Å². The van der Waals surface area contributed by atoms with Gasteiger partial charge in [0, 0.05) is 0 Å². The highest BCUT2D eigenvalue weighted by Gasteiger charge is 2.23. The van der Waals surface area contributed by atoms with Crippen molar-refractivity contribution < 1.29 is 14.5 Å². The topological polar surface area (TPSA) is 135 Å². The number of carbonyl (C=O) groups excluding carboxylic acids is 1. The third kappa shape index (κ3) is 3.14. The van der Waals surface area contributed by atoms with Gasteiger partial charge in [-0.05, 0) is 26.0 Å². The lowest BCUT2D eigenvalue weighted by molar-refractivity contribution is -0.386. The summed E-state index contributed by atoms with van der Waals surface area (Å²) in [6.45, 7) is 2.23. The van der Waals surface area contributed by atoms with Crippen LogP contribution in [-0.4, -0.2) is 35.7 Å². The summed E-state index contributed by atoms with van der Waals surface area (Å²) >= 11 is 0.